The molecule has 0 rings (SSSR count). The smallest absolute Gasteiger partial charge is 0.225 e. The Labute approximate surface area is 138 Å². The first-order valence-electron chi connectivity index (χ1n) is 8.59. The molecular weight excluding hydrogens is 274 g/mol. The first-order valence-corrected chi connectivity index (χ1v) is 8.59. The van der Waals surface area contributed by atoms with E-state index in [0.717, 1.165) is 12.8 Å². The second-order valence-corrected chi connectivity index (χ2v) is 8.30. The maximum atomic E-state index is 12.1. The van der Waals surface area contributed by atoms with E-state index in [9.17, 15) is 9.59 Å². The Kier molecular flexibility index (Phi) is 9.91. The van der Waals surface area contributed by atoms with E-state index in [1.165, 1.54) is 0 Å². The molecule has 0 saturated heterocycles. The van der Waals surface area contributed by atoms with Gasteiger partial charge in [0.1, 0.15) is 5.78 Å². The summed E-state index contributed by atoms with van der Waals surface area (Å²) in [4.78, 5) is 23.4. The van der Waals surface area contributed by atoms with Crippen LogP contribution >= 0.6 is 0 Å². The topological polar surface area (TPSA) is 46.2 Å². The lowest BCUT2D eigenvalue weighted by molar-refractivity contribution is -0.130. The summed E-state index contributed by atoms with van der Waals surface area (Å²) >= 11 is 0. The number of hydrogen-bond acceptors (Lipinski definition) is 2. The molecule has 0 aromatic rings. The predicted molar refractivity (Wildman–Crippen MR) is 95.9 cm³/mol. The van der Waals surface area contributed by atoms with Crippen LogP contribution in [0, 0.1) is 16.2 Å². The van der Waals surface area contributed by atoms with E-state index in [1.54, 1.807) is 6.92 Å². The van der Waals surface area contributed by atoms with Crippen LogP contribution in [-0.2, 0) is 9.59 Å². The van der Waals surface area contributed by atoms with Crippen molar-refractivity contribution in [3.63, 3.8) is 0 Å². The van der Waals surface area contributed by atoms with Crippen molar-refractivity contribution in [3.8, 4) is 0 Å². The van der Waals surface area contributed by atoms with Gasteiger partial charge < -0.3 is 10.1 Å². The Morgan fingerprint density at radius 3 is 1.73 bits per heavy atom. The molecule has 0 aromatic heterocycles. The lowest BCUT2D eigenvalue weighted by Crippen LogP contribution is -2.42. The fourth-order valence-electron chi connectivity index (χ4n) is 2.81. The van der Waals surface area contributed by atoms with Gasteiger partial charge in [-0.25, -0.2) is 0 Å². The lowest BCUT2D eigenvalue weighted by Gasteiger charge is -2.35. The molecule has 0 saturated carbocycles. The summed E-state index contributed by atoms with van der Waals surface area (Å²) in [7, 11) is 0. The van der Waals surface area contributed by atoms with E-state index >= 15 is 0 Å². The van der Waals surface area contributed by atoms with E-state index in [-0.39, 0.29) is 27.9 Å². The summed E-state index contributed by atoms with van der Waals surface area (Å²) in [5, 5.41) is 3.07. The van der Waals surface area contributed by atoms with Gasteiger partial charge in [0, 0.05) is 18.4 Å². The van der Waals surface area contributed by atoms with Gasteiger partial charge in [-0.15, -0.1) is 0 Å². The van der Waals surface area contributed by atoms with Gasteiger partial charge in [-0.05, 0) is 30.6 Å². The number of carbonyl (C=O) groups excluding carboxylic acids is 2. The molecule has 1 amide bonds. The minimum Gasteiger partial charge on any atom is -0.355 e. The van der Waals surface area contributed by atoms with Crippen LogP contribution in [0.3, 0.4) is 0 Å². The monoisotopic (exact) mass is 313 g/mol. The molecule has 0 aliphatic carbocycles. The average Bonchev–Trinajstić information content (AvgIpc) is 2.35. The van der Waals surface area contributed by atoms with Gasteiger partial charge in [-0.3, -0.25) is 4.79 Å². The van der Waals surface area contributed by atoms with Gasteiger partial charge in [-0.1, -0.05) is 62.3 Å². The standard InChI is InChI=1S/C17H33NO2.C2H6/c1-9-17(7,8)14(20)18-12-16(5,6)11-15(3,4)10-13(2)19;1-2/h9-12H2,1-8H3,(H,18,20);1-2H3. The Morgan fingerprint density at radius 2 is 1.36 bits per heavy atom. The first kappa shape index (κ1) is 23.4. The number of nitrogens with one attached hydrogen (secondary N) is 1. The van der Waals surface area contributed by atoms with Gasteiger partial charge in [0.15, 0.2) is 0 Å². The number of carbonyl (C=O) groups is 2. The van der Waals surface area contributed by atoms with Crippen LogP contribution in [0.1, 0.15) is 88.5 Å². The number of rotatable bonds is 8. The van der Waals surface area contributed by atoms with Crippen LogP contribution in [0.2, 0.25) is 0 Å². The third-order valence-electron chi connectivity index (χ3n) is 3.91. The Balaban J connectivity index is 0. The number of amides is 1. The van der Waals surface area contributed by atoms with E-state index in [4.69, 9.17) is 0 Å². The van der Waals surface area contributed by atoms with Crippen LogP contribution in [0.15, 0.2) is 0 Å². The van der Waals surface area contributed by atoms with Crippen molar-refractivity contribution in [1.29, 1.82) is 0 Å². The van der Waals surface area contributed by atoms with Crippen molar-refractivity contribution >= 4 is 11.7 Å². The van der Waals surface area contributed by atoms with Crippen LogP contribution < -0.4 is 5.32 Å². The molecule has 22 heavy (non-hydrogen) atoms. The predicted octanol–water partition coefficient (Wildman–Crippen LogP) is 4.99. The molecule has 0 spiro atoms. The van der Waals surface area contributed by atoms with Crippen molar-refractivity contribution in [2.45, 2.75) is 88.5 Å². The Hall–Kier alpha value is -0.860. The fourth-order valence-corrected chi connectivity index (χ4v) is 2.81. The quantitative estimate of drug-likeness (QED) is 0.686. The third kappa shape index (κ3) is 9.97. The van der Waals surface area contributed by atoms with Crippen molar-refractivity contribution in [2.75, 3.05) is 6.54 Å². The summed E-state index contributed by atoms with van der Waals surface area (Å²) in [6.45, 7) is 20.8. The maximum absolute atomic E-state index is 12.1. The van der Waals surface area contributed by atoms with Crippen LogP contribution in [0.5, 0.6) is 0 Å². The van der Waals surface area contributed by atoms with Crippen molar-refractivity contribution in [2.24, 2.45) is 16.2 Å². The summed E-state index contributed by atoms with van der Waals surface area (Å²) in [5.74, 6) is 0.333. The van der Waals surface area contributed by atoms with Crippen LogP contribution in [-0.4, -0.2) is 18.2 Å². The normalized spacial score (nSPS) is 12.3. The zero-order valence-electron chi connectivity index (χ0n) is 16.6. The molecule has 0 aliphatic heterocycles. The molecule has 0 bridgehead atoms. The number of hydrogen-bond donors (Lipinski definition) is 1. The van der Waals surface area contributed by atoms with Crippen LogP contribution in [0.4, 0.5) is 0 Å². The van der Waals surface area contributed by atoms with Gasteiger partial charge in [0.25, 0.3) is 0 Å². The first-order chi connectivity index (χ1) is 9.81. The lowest BCUT2D eigenvalue weighted by atomic mass is 9.72. The second-order valence-electron chi connectivity index (χ2n) is 8.30. The maximum Gasteiger partial charge on any atom is 0.225 e. The van der Waals surface area contributed by atoms with Crippen molar-refractivity contribution in [3.05, 3.63) is 0 Å². The van der Waals surface area contributed by atoms with E-state index < -0.39 is 0 Å². The molecule has 0 fully saturated rings. The second kappa shape index (κ2) is 9.32. The molecule has 1 N–H and O–H groups in total. The van der Waals surface area contributed by atoms with Gasteiger partial charge >= 0.3 is 0 Å². The third-order valence-corrected chi connectivity index (χ3v) is 3.91. The zero-order chi connectivity index (χ0) is 18.2. The molecule has 0 radical (unpaired) electrons. The molecule has 0 aliphatic rings. The van der Waals surface area contributed by atoms with E-state index in [2.05, 4.69) is 33.0 Å². The number of ketones is 1. The minimum absolute atomic E-state index is 0.0154. The SMILES string of the molecule is CC.CCC(C)(C)C(=O)NCC(C)(C)CC(C)(C)CC(C)=O. The van der Waals surface area contributed by atoms with Gasteiger partial charge in [0.05, 0.1) is 0 Å². The van der Waals surface area contributed by atoms with E-state index in [1.807, 2.05) is 34.6 Å². The van der Waals surface area contributed by atoms with Crippen molar-refractivity contribution in [1.82, 2.24) is 5.32 Å². The number of Topliss-reactive ketones (excluding diaryl/α,β-unsaturated/α-hetero) is 1. The molecule has 3 heteroatoms. The molecule has 0 atom stereocenters. The molecule has 0 heterocycles. The van der Waals surface area contributed by atoms with E-state index in [0.29, 0.717) is 13.0 Å². The highest BCUT2D eigenvalue weighted by atomic mass is 16.2. The fraction of sp³-hybridized carbons (Fsp3) is 0.895. The minimum atomic E-state index is -0.315. The van der Waals surface area contributed by atoms with Crippen LogP contribution in [0.25, 0.3) is 0 Å². The largest absolute Gasteiger partial charge is 0.355 e. The Bertz CT molecular complexity index is 354. The summed E-state index contributed by atoms with van der Waals surface area (Å²) in [6.07, 6.45) is 2.33. The molecule has 3 nitrogen and oxygen atoms in total. The highest BCUT2D eigenvalue weighted by Crippen LogP contribution is 2.36. The summed E-state index contributed by atoms with van der Waals surface area (Å²) in [5.41, 5.74) is -0.357. The zero-order valence-corrected chi connectivity index (χ0v) is 16.6. The highest BCUT2D eigenvalue weighted by molar-refractivity contribution is 5.81. The summed E-state index contributed by atoms with van der Waals surface area (Å²) < 4.78 is 0. The molecule has 132 valence electrons. The van der Waals surface area contributed by atoms with Crippen molar-refractivity contribution < 1.29 is 9.59 Å². The molecule has 0 unspecified atom stereocenters. The molecular formula is C19H39NO2. The van der Waals surface area contributed by atoms with Gasteiger partial charge in [-0.2, -0.15) is 0 Å². The highest BCUT2D eigenvalue weighted by Gasteiger charge is 2.32. The Morgan fingerprint density at radius 1 is 0.909 bits per heavy atom. The van der Waals surface area contributed by atoms with Gasteiger partial charge in [0.2, 0.25) is 5.91 Å². The summed E-state index contributed by atoms with van der Waals surface area (Å²) in [6, 6.07) is 0. The average molecular weight is 314 g/mol. The molecule has 0 aromatic carbocycles.